The van der Waals surface area contributed by atoms with Crippen molar-refractivity contribution in [3.05, 3.63) is 41.2 Å². The summed E-state index contributed by atoms with van der Waals surface area (Å²) in [5.74, 6) is 0.144. The molecule has 2 N–H and O–H groups in total. The van der Waals surface area contributed by atoms with Crippen molar-refractivity contribution >= 4 is 11.3 Å². The molecular formula is C16H21FN2OS. The number of thiazole rings is 1. The van der Waals surface area contributed by atoms with E-state index < -0.39 is 0 Å². The topological polar surface area (TPSA) is 45.1 Å². The molecule has 1 unspecified atom stereocenters. The van der Waals surface area contributed by atoms with Crippen LogP contribution >= 0.6 is 11.3 Å². The summed E-state index contributed by atoms with van der Waals surface area (Å²) in [5, 5.41) is 15.2. The van der Waals surface area contributed by atoms with E-state index in [4.69, 9.17) is 5.11 Å². The molecule has 0 fully saturated rings. The largest absolute Gasteiger partial charge is 0.396 e. The van der Waals surface area contributed by atoms with Crippen LogP contribution in [-0.4, -0.2) is 23.2 Å². The van der Waals surface area contributed by atoms with Gasteiger partial charge in [-0.15, -0.1) is 11.3 Å². The van der Waals surface area contributed by atoms with Crippen LogP contribution in [-0.2, 0) is 6.54 Å². The van der Waals surface area contributed by atoms with Gasteiger partial charge >= 0.3 is 0 Å². The van der Waals surface area contributed by atoms with E-state index in [0.717, 1.165) is 42.2 Å². The van der Waals surface area contributed by atoms with Crippen molar-refractivity contribution < 1.29 is 9.50 Å². The number of rotatable bonds is 8. The lowest BCUT2D eigenvalue weighted by Crippen LogP contribution is -2.16. The average Bonchev–Trinajstić information content (AvgIpc) is 2.96. The average molecular weight is 308 g/mol. The third-order valence-corrected chi connectivity index (χ3v) is 4.25. The summed E-state index contributed by atoms with van der Waals surface area (Å²) in [6, 6.07) is 6.41. The lowest BCUT2D eigenvalue weighted by Gasteiger charge is -2.07. The van der Waals surface area contributed by atoms with Crippen molar-refractivity contribution in [1.29, 1.82) is 0 Å². The fraction of sp³-hybridized carbons (Fsp3) is 0.438. The normalized spacial score (nSPS) is 12.5. The fourth-order valence-corrected chi connectivity index (χ4v) is 2.82. The third-order valence-electron chi connectivity index (χ3n) is 3.31. The molecule has 1 aromatic carbocycles. The minimum Gasteiger partial charge on any atom is -0.396 e. The molecule has 1 atom stereocenters. The van der Waals surface area contributed by atoms with Crippen LogP contribution in [0.15, 0.2) is 29.6 Å². The standard InChI is InChI=1S/C16H21FN2OS/c1-12(10-20)3-2-8-18-9-15-11-21-16(19-15)13-4-6-14(17)7-5-13/h4-7,11-12,18,20H,2-3,8-10H2,1H3. The summed E-state index contributed by atoms with van der Waals surface area (Å²) >= 11 is 1.57. The van der Waals surface area contributed by atoms with Gasteiger partial charge in [-0.05, 0) is 49.6 Å². The molecular weight excluding hydrogens is 287 g/mol. The summed E-state index contributed by atoms with van der Waals surface area (Å²) < 4.78 is 12.9. The highest BCUT2D eigenvalue weighted by molar-refractivity contribution is 7.13. The molecule has 0 aliphatic rings. The van der Waals surface area contributed by atoms with Crippen LogP contribution in [0.5, 0.6) is 0 Å². The molecule has 0 amide bonds. The van der Waals surface area contributed by atoms with Crippen LogP contribution in [0.1, 0.15) is 25.5 Å². The van der Waals surface area contributed by atoms with Gasteiger partial charge in [0.2, 0.25) is 0 Å². The van der Waals surface area contributed by atoms with Crippen molar-refractivity contribution in [2.75, 3.05) is 13.2 Å². The first-order chi connectivity index (χ1) is 10.2. The van der Waals surface area contributed by atoms with E-state index in [2.05, 4.69) is 17.2 Å². The second kappa shape index (κ2) is 8.22. The first kappa shape index (κ1) is 16.1. The number of benzene rings is 1. The Hall–Kier alpha value is -1.30. The maximum absolute atomic E-state index is 12.9. The SMILES string of the molecule is CC(CO)CCCNCc1csc(-c2ccc(F)cc2)n1. The number of aliphatic hydroxyl groups excluding tert-OH is 1. The van der Waals surface area contributed by atoms with E-state index in [1.54, 1.807) is 23.5 Å². The van der Waals surface area contributed by atoms with E-state index in [9.17, 15) is 4.39 Å². The first-order valence-electron chi connectivity index (χ1n) is 7.21. The lowest BCUT2D eigenvalue weighted by atomic mass is 10.1. The molecule has 0 aliphatic heterocycles. The van der Waals surface area contributed by atoms with Crippen LogP contribution in [0.3, 0.4) is 0 Å². The van der Waals surface area contributed by atoms with Crippen molar-refractivity contribution in [2.24, 2.45) is 5.92 Å². The predicted octanol–water partition coefficient (Wildman–Crippen LogP) is 3.45. The molecule has 2 aromatic rings. The minimum absolute atomic E-state index is 0.227. The Morgan fingerprint density at radius 3 is 2.81 bits per heavy atom. The Kier molecular flexibility index (Phi) is 6.29. The molecule has 1 aromatic heterocycles. The van der Waals surface area contributed by atoms with Crippen molar-refractivity contribution in [3.8, 4) is 10.6 Å². The predicted molar refractivity (Wildman–Crippen MR) is 84.7 cm³/mol. The maximum atomic E-state index is 12.9. The molecule has 0 aliphatic carbocycles. The van der Waals surface area contributed by atoms with Gasteiger partial charge in [0.25, 0.3) is 0 Å². The smallest absolute Gasteiger partial charge is 0.123 e. The molecule has 0 bridgehead atoms. The zero-order chi connectivity index (χ0) is 15.1. The zero-order valence-electron chi connectivity index (χ0n) is 12.2. The summed E-state index contributed by atoms with van der Waals surface area (Å²) in [4.78, 5) is 4.55. The van der Waals surface area contributed by atoms with Gasteiger partial charge in [0.1, 0.15) is 10.8 Å². The Labute approximate surface area is 128 Å². The van der Waals surface area contributed by atoms with Crippen LogP contribution in [0.25, 0.3) is 10.6 Å². The van der Waals surface area contributed by atoms with Gasteiger partial charge < -0.3 is 10.4 Å². The molecule has 0 radical (unpaired) electrons. The maximum Gasteiger partial charge on any atom is 0.123 e. The molecule has 5 heteroatoms. The number of hydrogen-bond donors (Lipinski definition) is 2. The number of halogens is 1. The van der Waals surface area contributed by atoms with Gasteiger partial charge in [0, 0.05) is 24.1 Å². The Balaban J connectivity index is 1.77. The second-order valence-electron chi connectivity index (χ2n) is 5.26. The fourth-order valence-electron chi connectivity index (χ4n) is 2.00. The number of nitrogens with one attached hydrogen (secondary N) is 1. The molecule has 2 rings (SSSR count). The molecule has 21 heavy (non-hydrogen) atoms. The summed E-state index contributed by atoms with van der Waals surface area (Å²) in [6.07, 6.45) is 2.08. The van der Waals surface area contributed by atoms with Gasteiger partial charge in [-0.25, -0.2) is 9.37 Å². The molecule has 0 saturated heterocycles. The molecule has 0 saturated carbocycles. The van der Waals surface area contributed by atoms with E-state index in [-0.39, 0.29) is 12.4 Å². The zero-order valence-corrected chi connectivity index (χ0v) is 13.0. The molecule has 3 nitrogen and oxygen atoms in total. The number of hydrogen-bond acceptors (Lipinski definition) is 4. The minimum atomic E-state index is -0.227. The number of aliphatic hydroxyl groups is 1. The van der Waals surface area contributed by atoms with Crippen molar-refractivity contribution in [2.45, 2.75) is 26.3 Å². The first-order valence-corrected chi connectivity index (χ1v) is 8.09. The Morgan fingerprint density at radius 2 is 2.10 bits per heavy atom. The van der Waals surface area contributed by atoms with Gasteiger partial charge in [-0.2, -0.15) is 0 Å². The molecule has 114 valence electrons. The van der Waals surface area contributed by atoms with Crippen LogP contribution in [0, 0.1) is 11.7 Å². The summed E-state index contributed by atoms with van der Waals surface area (Å²) in [5.41, 5.74) is 1.96. The van der Waals surface area contributed by atoms with Crippen LogP contribution in [0.2, 0.25) is 0 Å². The second-order valence-corrected chi connectivity index (χ2v) is 6.12. The van der Waals surface area contributed by atoms with E-state index in [1.165, 1.54) is 12.1 Å². The number of aromatic nitrogens is 1. The van der Waals surface area contributed by atoms with E-state index in [0.29, 0.717) is 5.92 Å². The van der Waals surface area contributed by atoms with E-state index in [1.807, 2.05) is 5.38 Å². The number of nitrogens with zero attached hydrogens (tertiary/aromatic N) is 1. The van der Waals surface area contributed by atoms with Crippen LogP contribution < -0.4 is 5.32 Å². The highest BCUT2D eigenvalue weighted by Crippen LogP contribution is 2.23. The molecule has 0 spiro atoms. The monoisotopic (exact) mass is 308 g/mol. The Morgan fingerprint density at radius 1 is 1.33 bits per heavy atom. The van der Waals surface area contributed by atoms with E-state index >= 15 is 0 Å². The van der Waals surface area contributed by atoms with Gasteiger partial charge in [-0.3, -0.25) is 0 Å². The molecule has 1 heterocycles. The van der Waals surface area contributed by atoms with Gasteiger partial charge in [-0.1, -0.05) is 6.92 Å². The Bertz CT molecular complexity index is 541. The van der Waals surface area contributed by atoms with Crippen molar-refractivity contribution in [3.63, 3.8) is 0 Å². The summed E-state index contributed by atoms with van der Waals surface area (Å²) in [6.45, 7) is 3.97. The van der Waals surface area contributed by atoms with Crippen LogP contribution in [0.4, 0.5) is 4.39 Å². The van der Waals surface area contributed by atoms with Gasteiger partial charge in [0.15, 0.2) is 0 Å². The highest BCUT2D eigenvalue weighted by Gasteiger charge is 2.05. The third kappa shape index (κ3) is 5.19. The van der Waals surface area contributed by atoms with Crippen molar-refractivity contribution in [1.82, 2.24) is 10.3 Å². The lowest BCUT2D eigenvalue weighted by molar-refractivity contribution is 0.228. The summed E-state index contributed by atoms with van der Waals surface area (Å²) in [7, 11) is 0. The highest BCUT2D eigenvalue weighted by atomic mass is 32.1. The van der Waals surface area contributed by atoms with Gasteiger partial charge in [0.05, 0.1) is 5.69 Å². The quantitative estimate of drug-likeness (QED) is 0.734.